The van der Waals surface area contributed by atoms with E-state index in [1.165, 1.54) is 0 Å². The lowest BCUT2D eigenvalue weighted by molar-refractivity contribution is -0.121. The van der Waals surface area contributed by atoms with Gasteiger partial charge < -0.3 is 34.7 Å². The Bertz CT molecular complexity index is 861. The van der Waals surface area contributed by atoms with E-state index in [0.29, 0.717) is 55.7 Å². The summed E-state index contributed by atoms with van der Waals surface area (Å²) in [6, 6.07) is 13.0. The van der Waals surface area contributed by atoms with Gasteiger partial charge in [0.05, 0.1) is 14.2 Å². The summed E-state index contributed by atoms with van der Waals surface area (Å²) in [5.74, 6) is 2.52. The van der Waals surface area contributed by atoms with Crippen LogP contribution in [0, 0.1) is 0 Å². The Balaban J connectivity index is 1.68. The summed E-state index contributed by atoms with van der Waals surface area (Å²) in [4.78, 5) is 11.9. The minimum absolute atomic E-state index is 0.0525. The Morgan fingerprint density at radius 2 is 1.71 bits per heavy atom. The van der Waals surface area contributed by atoms with Crippen molar-refractivity contribution in [1.29, 1.82) is 0 Å². The molecule has 8 heteroatoms. The number of methoxy groups -OCH3 is 2. The number of hydrogen-bond donors (Lipinski definition) is 3. The Morgan fingerprint density at radius 3 is 2.44 bits per heavy atom. The molecule has 0 aromatic heterocycles. The van der Waals surface area contributed by atoms with Crippen LogP contribution in [-0.2, 0) is 11.3 Å². The van der Waals surface area contributed by atoms with Crippen molar-refractivity contribution in [1.82, 2.24) is 10.6 Å². The quantitative estimate of drug-likeness (QED) is 0.303. The molecule has 2 aromatic rings. The van der Waals surface area contributed by atoms with Crippen LogP contribution in [0.2, 0.25) is 0 Å². The highest BCUT2D eigenvalue weighted by atomic mass is 16.5. The van der Waals surface area contributed by atoms with Crippen LogP contribution in [0.4, 0.5) is 0 Å². The summed E-state index contributed by atoms with van der Waals surface area (Å²) in [7, 11) is 3.17. The first-order valence-electron chi connectivity index (χ1n) is 11.8. The first kappa shape index (κ1) is 27.3. The van der Waals surface area contributed by atoms with Gasteiger partial charge in [0.1, 0.15) is 19.3 Å². The predicted octanol–water partition coefficient (Wildman–Crippen LogP) is 3.31. The maximum absolute atomic E-state index is 11.9. The van der Waals surface area contributed by atoms with Gasteiger partial charge in [0.15, 0.2) is 23.0 Å². The van der Waals surface area contributed by atoms with E-state index in [4.69, 9.17) is 18.9 Å². The standard InChI is InChI=1S/C26H38N2O6/c1-4-5-6-11-26(30)28-17-20-12-13-24(25(16-20)32-3)34-19-21(29)18-27-14-15-33-23-10-8-7-9-22(23)31-2/h7-10,12-13,16,21,27,29H,4-6,11,14-15,17-19H2,1-3H3,(H,28,30). The van der Waals surface area contributed by atoms with E-state index >= 15 is 0 Å². The average Bonchev–Trinajstić information content (AvgIpc) is 2.86. The molecule has 34 heavy (non-hydrogen) atoms. The second-order valence-corrected chi connectivity index (χ2v) is 7.89. The van der Waals surface area contributed by atoms with E-state index in [-0.39, 0.29) is 12.5 Å². The van der Waals surface area contributed by atoms with Gasteiger partial charge in [-0.15, -0.1) is 0 Å². The molecule has 1 atom stereocenters. The molecule has 2 rings (SSSR count). The molecule has 3 N–H and O–H groups in total. The summed E-state index contributed by atoms with van der Waals surface area (Å²) in [5, 5.41) is 16.3. The zero-order valence-electron chi connectivity index (χ0n) is 20.5. The van der Waals surface area contributed by atoms with Crippen molar-refractivity contribution in [2.45, 2.75) is 45.3 Å². The highest BCUT2D eigenvalue weighted by Gasteiger charge is 2.11. The number of rotatable bonds is 17. The van der Waals surface area contributed by atoms with E-state index in [9.17, 15) is 9.90 Å². The van der Waals surface area contributed by atoms with Crippen molar-refractivity contribution in [3.63, 3.8) is 0 Å². The van der Waals surface area contributed by atoms with Crippen LogP contribution in [0.1, 0.15) is 38.2 Å². The largest absolute Gasteiger partial charge is 0.493 e. The molecular formula is C26H38N2O6. The molecule has 8 nitrogen and oxygen atoms in total. The van der Waals surface area contributed by atoms with Crippen molar-refractivity contribution in [3.8, 4) is 23.0 Å². The van der Waals surface area contributed by atoms with Gasteiger partial charge in [-0.25, -0.2) is 0 Å². The number of carbonyl (C=O) groups is 1. The Labute approximate surface area is 202 Å². The van der Waals surface area contributed by atoms with Crippen molar-refractivity contribution in [2.24, 2.45) is 0 Å². The molecule has 0 bridgehead atoms. The number of ether oxygens (including phenoxy) is 4. The maximum atomic E-state index is 11.9. The average molecular weight is 475 g/mol. The van der Waals surface area contributed by atoms with Crippen LogP contribution < -0.4 is 29.6 Å². The van der Waals surface area contributed by atoms with Gasteiger partial charge in [-0.2, -0.15) is 0 Å². The van der Waals surface area contributed by atoms with E-state index in [1.54, 1.807) is 20.3 Å². The second kappa shape index (κ2) is 15.8. The van der Waals surface area contributed by atoms with Gasteiger partial charge in [-0.3, -0.25) is 4.79 Å². The number of benzene rings is 2. The highest BCUT2D eigenvalue weighted by Crippen LogP contribution is 2.28. The minimum Gasteiger partial charge on any atom is -0.493 e. The monoisotopic (exact) mass is 474 g/mol. The Hall–Kier alpha value is -2.97. The molecule has 188 valence electrons. The van der Waals surface area contributed by atoms with Crippen LogP contribution in [-0.4, -0.2) is 57.6 Å². The van der Waals surface area contributed by atoms with Crippen LogP contribution in [0.3, 0.4) is 0 Å². The molecule has 0 spiro atoms. The first-order chi connectivity index (χ1) is 16.6. The normalized spacial score (nSPS) is 11.5. The third kappa shape index (κ3) is 9.89. The summed E-state index contributed by atoms with van der Waals surface area (Å²) < 4.78 is 22.1. The van der Waals surface area contributed by atoms with Gasteiger partial charge >= 0.3 is 0 Å². The molecule has 0 saturated heterocycles. The van der Waals surface area contributed by atoms with Gasteiger partial charge in [-0.05, 0) is 36.2 Å². The van der Waals surface area contributed by atoms with Crippen molar-refractivity contribution < 1.29 is 28.8 Å². The molecule has 0 saturated carbocycles. The summed E-state index contributed by atoms with van der Waals surface area (Å²) in [6.07, 6.45) is 2.91. The maximum Gasteiger partial charge on any atom is 0.220 e. The molecule has 0 fully saturated rings. The smallest absolute Gasteiger partial charge is 0.220 e. The van der Waals surface area contributed by atoms with Crippen LogP contribution in [0.25, 0.3) is 0 Å². The van der Waals surface area contributed by atoms with Gasteiger partial charge in [0.25, 0.3) is 0 Å². The lowest BCUT2D eigenvalue weighted by Gasteiger charge is -2.16. The van der Waals surface area contributed by atoms with Crippen LogP contribution >= 0.6 is 0 Å². The van der Waals surface area contributed by atoms with Gasteiger partial charge in [0, 0.05) is 26.1 Å². The molecule has 1 unspecified atom stereocenters. The van der Waals surface area contributed by atoms with E-state index in [2.05, 4.69) is 17.6 Å². The van der Waals surface area contributed by atoms with E-state index < -0.39 is 6.10 Å². The highest BCUT2D eigenvalue weighted by molar-refractivity contribution is 5.75. The molecule has 1 amide bonds. The van der Waals surface area contributed by atoms with E-state index in [0.717, 1.165) is 24.8 Å². The zero-order chi connectivity index (χ0) is 24.6. The summed E-state index contributed by atoms with van der Waals surface area (Å²) >= 11 is 0. The van der Waals surface area contributed by atoms with Gasteiger partial charge in [-0.1, -0.05) is 38.0 Å². The van der Waals surface area contributed by atoms with Crippen LogP contribution in [0.5, 0.6) is 23.0 Å². The number of para-hydroxylation sites is 2. The van der Waals surface area contributed by atoms with Gasteiger partial charge in [0.2, 0.25) is 5.91 Å². The van der Waals surface area contributed by atoms with E-state index in [1.807, 2.05) is 36.4 Å². The number of hydrogen-bond acceptors (Lipinski definition) is 7. The lowest BCUT2D eigenvalue weighted by Crippen LogP contribution is -2.33. The second-order valence-electron chi connectivity index (χ2n) is 7.89. The zero-order valence-corrected chi connectivity index (χ0v) is 20.5. The number of unbranched alkanes of at least 4 members (excludes halogenated alkanes) is 2. The first-order valence-corrected chi connectivity index (χ1v) is 11.8. The molecular weight excluding hydrogens is 436 g/mol. The van der Waals surface area contributed by atoms with Crippen molar-refractivity contribution in [3.05, 3.63) is 48.0 Å². The molecule has 0 aliphatic carbocycles. The fourth-order valence-corrected chi connectivity index (χ4v) is 3.25. The number of carbonyl (C=O) groups excluding carboxylic acids is 1. The summed E-state index contributed by atoms with van der Waals surface area (Å²) in [5.41, 5.74) is 0.922. The number of amides is 1. The number of aliphatic hydroxyl groups excluding tert-OH is 1. The van der Waals surface area contributed by atoms with Crippen molar-refractivity contribution >= 4 is 5.91 Å². The molecule has 2 aromatic carbocycles. The number of nitrogens with one attached hydrogen (secondary N) is 2. The fraction of sp³-hybridized carbons (Fsp3) is 0.500. The Kier molecular flexibility index (Phi) is 12.7. The third-order valence-electron chi connectivity index (χ3n) is 5.14. The molecule has 0 aliphatic heterocycles. The molecule has 0 aliphatic rings. The fourth-order valence-electron chi connectivity index (χ4n) is 3.25. The molecule has 0 radical (unpaired) electrons. The molecule has 0 heterocycles. The third-order valence-corrected chi connectivity index (χ3v) is 5.14. The SMILES string of the molecule is CCCCCC(=O)NCc1ccc(OCC(O)CNCCOc2ccccc2OC)c(OC)c1. The minimum atomic E-state index is -0.696. The summed E-state index contributed by atoms with van der Waals surface area (Å²) in [6.45, 7) is 4.04. The van der Waals surface area contributed by atoms with Crippen molar-refractivity contribution in [2.75, 3.05) is 40.5 Å². The topological polar surface area (TPSA) is 98.3 Å². The number of aliphatic hydroxyl groups is 1. The lowest BCUT2D eigenvalue weighted by atomic mass is 10.1. The predicted molar refractivity (Wildman–Crippen MR) is 132 cm³/mol. The van der Waals surface area contributed by atoms with Crippen LogP contribution in [0.15, 0.2) is 42.5 Å². The Morgan fingerprint density at radius 1 is 0.971 bits per heavy atom.